The van der Waals surface area contributed by atoms with Gasteiger partial charge in [0.1, 0.15) is 23.8 Å². The highest BCUT2D eigenvalue weighted by Gasteiger charge is 2.28. The Labute approximate surface area is 190 Å². The number of aromatic nitrogens is 2. The minimum atomic E-state index is -1.46. The number of hydrogen-bond donors (Lipinski definition) is 3. The second kappa shape index (κ2) is 11.3. The third kappa shape index (κ3) is 5.83. The SMILES string of the molecule is CCOC(C(=O)NCc1ccc(C(=N)N)cc1)c1c(F)cc(-c2cncnc2)cc1F.Cl. The maximum atomic E-state index is 14.8. The molecule has 1 atom stereocenters. The number of carbonyl (C=O) groups is 1. The number of carbonyl (C=O) groups excluding carboxylic acids is 1. The second-order valence-electron chi connectivity index (χ2n) is 6.64. The fourth-order valence-electron chi connectivity index (χ4n) is 2.99. The number of halogens is 3. The maximum absolute atomic E-state index is 14.8. The largest absolute Gasteiger partial charge is 0.384 e. The lowest BCUT2D eigenvalue weighted by Gasteiger charge is -2.19. The van der Waals surface area contributed by atoms with E-state index in [9.17, 15) is 13.6 Å². The molecule has 2 aromatic carbocycles. The third-order valence-electron chi connectivity index (χ3n) is 4.54. The Morgan fingerprint density at radius 1 is 1.12 bits per heavy atom. The molecular formula is C22H22ClF2N5O2. The lowest BCUT2D eigenvalue weighted by molar-refractivity contribution is -0.133. The number of hydrogen-bond acceptors (Lipinski definition) is 5. The Bertz CT molecular complexity index is 1060. The molecule has 3 rings (SSSR count). The van der Waals surface area contributed by atoms with Gasteiger partial charge in [0.05, 0.1) is 5.56 Å². The average Bonchev–Trinajstić information content (AvgIpc) is 2.77. The molecule has 0 aliphatic rings. The highest BCUT2D eigenvalue weighted by Crippen LogP contribution is 2.29. The summed E-state index contributed by atoms with van der Waals surface area (Å²) in [4.78, 5) is 20.4. The summed E-state index contributed by atoms with van der Waals surface area (Å²) in [5.41, 5.74) is 6.93. The van der Waals surface area contributed by atoms with Gasteiger partial charge < -0.3 is 15.8 Å². The summed E-state index contributed by atoms with van der Waals surface area (Å²) in [7, 11) is 0. The first kappa shape index (κ1) is 24.8. The lowest BCUT2D eigenvalue weighted by atomic mass is 10.0. The molecule has 1 aromatic heterocycles. The zero-order chi connectivity index (χ0) is 22.4. The molecule has 1 heterocycles. The molecule has 10 heteroatoms. The summed E-state index contributed by atoms with van der Waals surface area (Å²) in [6.07, 6.45) is 2.73. The third-order valence-corrected chi connectivity index (χ3v) is 4.54. The van der Waals surface area contributed by atoms with Gasteiger partial charge in [0.25, 0.3) is 5.91 Å². The number of amidine groups is 1. The molecule has 0 bridgehead atoms. The highest BCUT2D eigenvalue weighted by molar-refractivity contribution is 5.94. The van der Waals surface area contributed by atoms with Crippen LogP contribution in [-0.2, 0) is 16.1 Å². The summed E-state index contributed by atoms with van der Waals surface area (Å²) >= 11 is 0. The van der Waals surface area contributed by atoms with Crippen LogP contribution in [0.3, 0.4) is 0 Å². The van der Waals surface area contributed by atoms with Crippen molar-refractivity contribution in [1.82, 2.24) is 15.3 Å². The molecule has 0 aliphatic heterocycles. The zero-order valence-electron chi connectivity index (χ0n) is 17.1. The van der Waals surface area contributed by atoms with E-state index in [0.29, 0.717) is 11.1 Å². The Morgan fingerprint density at radius 2 is 1.72 bits per heavy atom. The number of amides is 1. The molecule has 0 aliphatic carbocycles. The number of nitrogens with zero attached hydrogens (tertiary/aromatic N) is 2. The van der Waals surface area contributed by atoms with Gasteiger partial charge in [-0.1, -0.05) is 24.3 Å². The standard InChI is InChI=1S/C22H21F2N5O2.ClH/c1-2-31-20(22(30)29-9-13-3-5-14(6-4-13)21(25)26)19-17(23)7-15(8-18(19)24)16-10-27-12-28-11-16;/h3-8,10-12,20H,2,9H2,1H3,(H3,25,26)(H,29,30);1H. The van der Waals surface area contributed by atoms with Crippen LogP contribution in [0.25, 0.3) is 11.1 Å². The molecular weight excluding hydrogens is 440 g/mol. The number of nitrogens with two attached hydrogens (primary N) is 1. The predicted molar refractivity (Wildman–Crippen MR) is 118 cm³/mol. The quantitative estimate of drug-likeness (QED) is 0.351. The smallest absolute Gasteiger partial charge is 0.254 e. The van der Waals surface area contributed by atoms with Crippen LogP contribution in [0.4, 0.5) is 8.78 Å². The van der Waals surface area contributed by atoms with E-state index >= 15 is 0 Å². The van der Waals surface area contributed by atoms with Gasteiger partial charge in [0.15, 0.2) is 6.10 Å². The van der Waals surface area contributed by atoms with Gasteiger partial charge in [0.2, 0.25) is 0 Å². The number of benzene rings is 2. The topological polar surface area (TPSA) is 114 Å². The molecule has 1 amide bonds. The summed E-state index contributed by atoms with van der Waals surface area (Å²) in [5, 5.41) is 10.0. The fourth-order valence-corrected chi connectivity index (χ4v) is 2.99. The van der Waals surface area contributed by atoms with Crippen LogP contribution < -0.4 is 11.1 Å². The van der Waals surface area contributed by atoms with Crippen LogP contribution in [0.5, 0.6) is 0 Å². The van der Waals surface area contributed by atoms with Gasteiger partial charge in [-0.05, 0) is 30.2 Å². The van der Waals surface area contributed by atoms with E-state index in [1.165, 1.54) is 18.7 Å². The Kier molecular flexibility index (Phi) is 8.74. The molecule has 7 nitrogen and oxygen atoms in total. The van der Waals surface area contributed by atoms with Crippen molar-refractivity contribution in [2.75, 3.05) is 6.61 Å². The monoisotopic (exact) mass is 461 g/mol. The van der Waals surface area contributed by atoms with Crippen LogP contribution in [0.2, 0.25) is 0 Å². The van der Waals surface area contributed by atoms with Crippen LogP contribution in [0.15, 0.2) is 55.1 Å². The van der Waals surface area contributed by atoms with Crippen molar-refractivity contribution in [2.45, 2.75) is 19.6 Å². The van der Waals surface area contributed by atoms with E-state index in [-0.39, 0.29) is 37.0 Å². The molecule has 32 heavy (non-hydrogen) atoms. The fraction of sp³-hybridized carbons (Fsp3) is 0.182. The van der Waals surface area contributed by atoms with Crippen molar-refractivity contribution in [2.24, 2.45) is 5.73 Å². The normalized spacial score (nSPS) is 11.3. The Balaban J connectivity index is 0.00000363. The molecule has 0 saturated carbocycles. The molecule has 3 aromatic rings. The average molecular weight is 462 g/mol. The highest BCUT2D eigenvalue weighted by atomic mass is 35.5. The van der Waals surface area contributed by atoms with E-state index in [0.717, 1.165) is 17.7 Å². The van der Waals surface area contributed by atoms with Crippen molar-refractivity contribution >= 4 is 24.1 Å². The second-order valence-corrected chi connectivity index (χ2v) is 6.64. The van der Waals surface area contributed by atoms with Crippen molar-refractivity contribution in [3.05, 3.63) is 83.4 Å². The van der Waals surface area contributed by atoms with Crippen molar-refractivity contribution in [3.63, 3.8) is 0 Å². The molecule has 4 N–H and O–H groups in total. The van der Waals surface area contributed by atoms with E-state index in [4.69, 9.17) is 15.9 Å². The van der Waals surface area contributed by atoms with Crippen LogP contribution in [-0.4, -0.2) is 28.3 Å². The summed E-state index contributed by atoms with van der Waals surface area (Å²) in [5.74, 6) is -2.55. The minimum Gasteiger partial charge on any atom is -0.384 e. The van der Waals surface area contributed by atoms with E-state index < -0.39 is 29.2 Å². The molecule has 0 spiro atoms. The first-order chi connectivity index (χ1) is 14.9. The van der Waals surface area contributed by atoms with Gasteiger partial charge in [-0.15, -0.1) is 12.4 Å². The van der Waals surface area contributed by atoms with Gasteiger partial charge in [-0.3, -0.25) is 10.2 Å². The molecule has 0 saturated heterocycles. The van der Waals surface area contributed by atoms with Gasteiger partial charge >= 0.3 is 0 Å². The van der Waals surface area contributed by atoms with Crippen molar-refractivity contribution < 1.29 is 18.3 Å². The minimum absolute atomic E-state index is 0. The summed E-state index contributed by atoms with van der Waals surface area (Å²) in [6.45, 7) is 1.83. The number of rotatable bonds is 8. The first-order valence-corrected chi connectivity index (χ1v) is 9.47. The predicted octanol–water partition coefficient (Wildman–Crippen LogP) is 3.52. The van der Waals surface area contributed by atoms with Crippen molar-refractivity contribution in [1.29, 1.82) is 5.41 Å². The Morgan fingerprint density at radius 3 is 2.25 bits per heavy atom. The van der Waals surface area contributed by atoms with E-state index in [2.05, 4.69) is 15.3 Å². The Hall–Kier alpha value is -3.43. The van der Waals surface area contributed by atoms with Gasteiger partial charge in [0, 0.05) is 36.7 Å². The molecule has 0 fully saturated rings. The van der Waals surface area contributed by atoms with Crippen LogP contribution in [0.1, 0.15) is 29.7 Å². The van der Waals surface area contributed by atoms with E-state index in [1.807, 2.05) is 0 Å². The number of ether oxygens (including phenoxy) is 1. The molecule has 168 valence electrons. The first-order valence-electron chi connectivity index (χ1n) is 9.47. The van der Waals surface area contributed by atoms with Crippen molar-refractivity contribution in [3.8, 4) is 11.1 Å². The number of nitrogen functional groups attached to an aromatic ring is 1. The molecule has 1 unspecified atom stereocenters. The zero-order valence-corrected chi connectivity index (χ0v) is 18.0. The van der Waals surface area contributed by atoms with Gasteiger partial charge in [-0.2, -0.15) is 0 Å². The van der Waals surface area contributed by atoms with Crippen LogP contribution >= 0.6 is 12.4 Å². The number of nitrogens with one attached hydrogen (secondary N) is 2. The van der Waals surface area contributed by atoms with Crippen LogP contribution in [0, 0.1) is 17.0 Å². The van der Waals surface area contributed by atoms with E-state index in [1.54, 1.807) is 31.2 Å². The lowest BCUT2D eigenvalue weighted by Crippen LogP contribution is -2.31. The van der Waals surface area contributed by atoms with Gasteiger partial charge in [-0.25, -0.2) is 18.7 Å². The summed E-state index contributed by atoms with van der Waals surface area (Å²) in [6, 6.07) is 8.94. The summed E-state index contributed by atoms with van der Waals surface area (Å²) < 4.78 is 35.1. The maximum Gasteiger partial charge on any atom is 0.254 e. The molecule has 0 radical (unpaired) electrons.